The van der Waals surface area contributed by atoms with Gasteiger partial charge < -0.3 is 29.8 Å². The average molecular weight is 542 g/mol. The number of carbonyl (C=O) groups excluding carboxylic acids is 1. The fraction of sp³-hybridized carbons (Fsp3) is 0.194. The Kier molecular flexibility index (Phi) is 6.45. The standard InChI is InChI=1S/C31H28ClN3O4/c1-37-28-11-19-10-25(34-24(19)13-29(28)38-2)31(36)35-16-20(15-32)30-22-9-8-21(33)12-23(22)27(14-26(30)35)39-17-18-6-4-3-5-7-18/h3-14,20,34H,15-17,33H2,1-2H3. The number of carbonyl (C=O) groups is 1. The van der Waals surface area contributed by atoms with E-state index in [1.54, 1.807) is 19.1 Å². The number of ether oxygens (including phenoxy) is 3. The first-order valence-corrected chi connectivity index (χ1v) is 13.2. The van der Waals surface area contributed by atoms with Crippen molar-refractivity contribution in [3.63, 3.8) is 0 Å². The lowest BCUT2D eigenvalue weighted by Crippen LogP contribution is -2.30. The summed E-state index contributed by atoms with van der Waals surface area (Å²) >= 11 is 6.47. The zero-order valence-corrected chi connectivity index (χ0v) is 22.4. The quantitative estimate of drug-likeness (QED) is 0.182. The number of aromatic nitrogens is 1. The van der Waals surface area contributed by atoms with Gasteiger partial charge in [0.15, 0.2) is 11.5 Å². The van der Waals surface area contributed by atoms with Crippen LogP contribution in [-0.4, -0.2) is 37.5 Å². The van der Waals surface area contributed by atoms with Gasteiger partial charge in [-0.1, -0.05) is 36.4 Å². The van der Waals surface area contributed by atoms with Gasteiger partial charge in [0.1, 0.15) is 18.1 Å². The van der Waals surface area contributed by atoms with Crippen molar-refractivity contribution in [3.05, 3.63) is 89.6 Å². The van der Waals surface area contributed by atoms with Gasteiger partial charge in [0.05, 0.1) is 19.9 Å². The third kappa shape index (κ3) is 4.38. The number of nitrogens with one attached hydrogen (secondary N) is 1. The topological polar surface area (TPSA) is 89.8 Å². The summed E-state index contributed by atoms with van der Waals surface area (Å²) in [5.41, 5.74) is 10.9. The molecule has 1 atom stereocenters. The van der Waals surface area contributed by atoms with Crippen LogP contribution in [0.2, 0.25) is 0 Å². The Morgan fingerprint density at radius 2 is 1.74 bits per heavy atom. The molecule has 1 amide bonds. The highest BCUT2D eigenvalue weighted by Gasteiger charge is 2.35. The maximum atomic E-state index is 14.0. The van der Waals surface area contributed by atoms with Gasteiger partial charge in [-0.2, -0.15) is 0 Å². The molecule has 1 aliphatic heterocycles. The molecule has 0 saturated carbocycles. The molecule has 3 N–H and O–H groups in total. The van der Waals surface area contributed by atoms with Gasteiger partial charge in [0.25, 0.3) is 5.91 Å². The molecule has 1 unspecified atom stereocenters. The lowest BCUT2D eigenvalue weighted by molar-refractivity contribution is 0.0984. The molecule has 6 rings (SSSR count). The molecular weight excluding hydrogens is 514 g/mol. The number of benzene rings is 4. The van der Waals surface area contributed by atoms with E-state index in [0.717, 1.165) is 38.5 Å². The smallest absolute Gasteiger partial charge is 0.274 e. The zero-order valence-electron chi connectivity index (χ0n) is 21.7. The Bertz CT molecular complexity index is 1660. The van der Waals surface area contributed by atoms with E-state index in [1.165, 1.54) is 0 Å². The highest BCUT2D eigenvalue weighted by molar-refractivity contribution is 6.19. The summed E-state index contributed by atoms with van der Waals surface area (Å²) in [6.45, 7) is 0.851. The van der Waals surface area contributed by atoms with E-state index in [4.69, 9.17) is 31.5 Å². The number of nitrogens with zero attached hydrogens (tertiary/aromatic N) is 1. The summed E-state index contributed by atoms with van der Waals surface area (Å²) in [5, 5.41) is 2.74. The first kappa shape index (κ1) is 24.9. The second-order valence-corrected chi connectivity index (χ2v) is 9.94. The molecule has 1 aromatic heterocycles. The second kappa shape index (κ2) is 10.1. The monoisotopic (exact) mass is 541 g/mol. The average Bonchev–Trinajstić information content (AvgIpc) is 3.56. The Morgan fingerprint density at radius 1 is 0.974 bits per heavy atom. The normalized spacial score (nSPS) is 14.5. The number of aromatic amines is 1. The number of hydrogen-bond acceptors (Lipinski definition) is 5. The summed E-state index contributed by atoms with van der Waals surface area (Å²) in [7, 11) is 3.17. The number of nitrogen functional groups attached to an aromatic ring is 1. The van der Waals surface area contributed by atoms with Crippen molar-refractivity contribution in [3.8, 4) is 17.2 Å². The molecule has 4 aromatic carbocycles. The van der Waals surface area contributed by atoms with E-state index in [-0.39, 0.29) is 11.8 Å². The van der Waals surface area contributed by atoms with Crippen LogP contribution >= 0.6 is 11.6 Å². The molecule has 0 fully saturated rings. The minimum absolute atomic E-state index is 0.0375. The third-order valence-corrected chi connectivity index (χ3v) is 7.64. The second-order valence-electron chi connectivity index (χ2n) is 9.63. The molecule has 8 heteroatoms. The van der Waals surface area contributed by atoms with E-state index in [1.807, 2.05) is 72.8 Å². The molecule has 198 valence electrons. The largest absolute Gasteiger partial charge is 0.493 e. The fourth-order valence-electron chi connectivity index (χ4n) is 5.37. The van der Waals surface area contributed by atoms with Crippen LogP contribution in [0.4, 0.5) is 11.4 Å². The summed E-state index contributed by atoms with van der Waals surface area (Å²) in [6.07, 6.45) is 0. The number of nitrogens with two attached hydrogens (primary N) is 1. The number of anilines is 2. The molecule has 1 aliphatic rings. The van der Waals surface area contributed by atoms with Crippen LogP contribution in [0.5, 0.6) is 17.2 Å². The van der Waals surface area contributed by atoms with Crippen molar-refractivity contribution in [2.75, 3.05) is 37.3 Å². The SMILES string of the molecule is COc1cc2cc(C(=O)N3CC(CCl)c4c3cc(OCc3ccccc3)c3cc(N)ccc43)[nH]c2cc1OC. The van der Waals surface area contributed by atoms with Crippen molar-refractivity contribution in [2.24, 2.45) is 0 Å². The maximum absolute atomic E-state index is 14.0. The Hall–Kier alpha value is -4.36. The van der Waals surface area contributed by atoms with E-state index in [0.29, 0.717) is 47.7 Å². The Labute approximate surface area is 231 Å². The predicted octanol–water partition coefficient (Wildman–Crippen LogP) is 6.48. The summed E-state index contributed by atoms with van der Waals surface area (Å²) in [4.78, 5) is 19.0. The molecule has 2 heterocycles. The fourth-order valence-corrected chi connectivity index (χ4v) is 5.63. The molecule has 39 heavy (non-hydrogen) atoms. The van der Waals surface area contributed by atoms with Crippen LogP contribution in [-0.2, 0) is 6.61 Å². The van der Waals surface area contributed by atoms with Crippen molar-refractivity contribution < 1.29 is 19.0 Å². The number of halogens is 1. The van der Waals surface area contributed by atoms with Crippen LogP contribution in [0.25, 0.3) is 21.7 Å². The molecule has 0 radical (unpaired) electrons. The molecular formula is C31H28ClN3O4. The summed E-state index contributed by atoms with van der Waals surface area (Å²) in [6, 6.07) is 23.2. The van der Waals surface area contributed by atoms with Gasteiger partial charge in [-0.15, -0.1) is 11.6 Å². The summed E-state index contributed by atoms with van der Waals surface area (Å²) < 4.78 is 17.2. The van der Waals surface area contributed by atoms with Gasteiger partial charge in [0.2, 0.25) is 0 Å². The van der Waals surface area contributed by atoms with Gasteiger partial charge in [-0.25, -0.2) is 0 Å². The van der Waals surface area contributed by atoms with Gasteiger partial charge in [0, 0.05) is 52.5 Å². The number of H-pyrrole nitrogens is 1. The first-order chi connectivity index (χ1) is 19.0. The van der Waals surface area contributed by atoms with E-state index in [9.17, 15) is 4.79 Å². The van der Waals surface area contributed by atoms with E-state index in [2.05, 4.69) is 4.98 Å². The van der Waals surface area contributed by atoms with Gasteiger partial charge >= 0.3 is 0 Å². The van der Waals surface area contributed by atoms with Crippen molar-refractivity contribution in [1.29, 1.82) is 0 Å². The van der Waals surface area contributed by atoms with Crippen molar-refractivity contribution >= 4 is 50.6 Å². The van der Waals surface area contributed by atoms with Crippen molar-refractivity contribution in [2.45, 2.75) is 12.5 Å². The minimum Gasteiger partial charge on any atom is -0.493 e. The lowest BCUT2D eigenvalue weighted by atomic mass is 9.95. The van der Waals surface area contributed by atoms with Crippen LogP contribution in [0, 0.1) is 0 Å². The maximum Gasteiger partial charge on any atom is 0.274 e. The summed E-state index contributed by atoms with van der Waals surface area (Å²) in [5.74, 6) is 2.04. The number of alkyl halides is 1. The molecule has 5 aromatic rings. The number of fused-ring (bicyclic) bond motifs is 4. The Balaban J connectivity index is 1.44. The minimum atomic E-state index is -0.151. The lowest BCUT2D eigenvalue weighted by Gasteiger charge is -2.19. The molecule has 0 spiro atoms. The number of amides is 1. The van der Waals surface area contributed by atoms with Crippen LogP contribution < -0.4 is 24.8 Å². The molecule has 0 aliphatic carbocycles. The number of hydrogen-bond donors (Lipinski definition) is 2. The van der Waals surface area contributed by atoms with Crippen molar-refractivity contribution in [1.82, 2.24) is 4.98 Å². The van der Waals surface area contributed by atoms with Crippen LogP contribution in [0.1, 0.15) is 27.5 Å². The number of rotatable bonds is 7. The highest BCUT2D eigenvalue weighted by atomic mass is 35.5. The third-order valence-electron chi connectivity index (χ3n) is 7.27. The molecule has 0 bridgehead atoms. The predicted molar refractivity (Wildman–Crippen MR) is 156 cm³/mol. The zero-order chi connectivity index (χ0) is 27.1. The first-order valence-electron chi connectivity index (χ1n) is 12.7. The highest BCUT2D eigenvalue weighted by Crippen LogP contribution is 2.46. The molecule has 0 saturated heterocycles. The Morgan fingerprint density at radius 3 is 2.49 bits per heavy atom. The van der Waals surface area contributed by atoms with E-state index < -0.39 is 0 Å². The molecule has 7 nitrogen and oxygen atoms in total. The van der Waals surface area contributed by atoms with Gasteiger partial charge in [-0.05, 0) is 40.8 Å². The van der Waals surface area contributed by atoms with Gasteiger partial charge in [-0.3, -0.25) is 4.79 Å². The van der Waals surface area contributed by atoms with Crippen LogP contribution in [0.3, 0.4) is 0 Å². The number of methoxy groups -OCH3 is 2. The van der Waals surface area contributed by atoms with Crippen LogP contribution in [0.15, 0.2) is 72.8 Å². The van der Waals surface area contributed by atoms with E-state index >= 15 is 0 Å².